The fourth-order valence-electron chi connectivity index (χ4n) is 2.10. The van der Waals surface area contributed by atoms with Gasteiger partial charge in [0.1, 0.15) is 11.5 Å². The van der Waals surface area contributed by atoms with Crippen molar-refractivity contribution in [3.8, 4) is 5.75 Å². The summed E-state index contributed by atoms with van der Waals surface area (Å²) in [5, 5.41) is 0. The summed E-state index contributed by atoms with van der Waals surface area (Å²) in [5.74, 6) is 0.529. The number of benzene rings is 1. The Hall–Kier alpha value is -0.590. The van der Waals surface area contributed by atoms with Crippen molar-refractivity contribution in [3.05, 3.63) is 21.1 Å². The summed E-state index contributed by atoms with van der Waals surface area (Å²) in [5.41, 5.74) is 11.8. The molecule has 1 unspecified atom stereocenters. The molecule has 20 heavy (non-hydrogen) atoms. The Bertz CT molecular complexity index is 475. The lowest BCUT2D eigenvalue weighted by molar-refractivity contribution is -0.122. The molecule has 0 saturated carbocycles. The number of carbonyl (C=O) groups is 1. The van der Waals surface area contributed by atoms with E-state index in [2.05, 4.69) is 31.9 Å². The van der Waals surface area contributed by atoms with Gasteiger partial charge in [-0.25, -0.2) is 0 Å². The summed E-state index contributed by atoms with van der Waals surface area (Å²) in [4.78, 5) is 11.6. The van der Waals surface area contributed by atoms with Crippen LogP contribution in [0.15, 0.2) is 21.1 Å². The molecule has 0 spiro atoms. The highest BCUT2D eigenvalue weighted by atomic mass is 79.9. The number of halogens is 2. The zero-order valence-electron chi connectivity index (χ0n) is 11.9. The predicted molar refractivity (Wildman–Crippen MR) is 88.8 cm³/mol. The van der Waals surface area contributed by atoms with E-state index in [0.717, 1.165) is 8.95 Å². The topological polar surface area (TPSA) is 78.3 Å². The molecule has 0 bridgehead atoms. The lowest BCUT2D eigenvalue weighted by atomic mass is 9.83. The van der Waals surface area contributed by atoms with Crippen LogP contribution in [0, 0.1) is 5.92 Å². The smallest absolute Gasteiger partial charge is 0.147 e. The van der Waals surface area contributed by atoms with E-state index in [-0.39, 0.29) is 11.7 Å². The van der Waals surface area contributed by atoms with Crippen molar-refractivity contribution in [2.75, 3.05) is 12.3 Å². The molecule has 6 heteroatoms. The van der Waals surface area contributed by atoms with E-state index in [0.29, 0.717) is 24.5 Å². The van der Waals surface area contributed by atoms with Crippen LogP contribution in [0.2, 0.25) is 0 Å². The van der Waals surface area contributed by atoms with E-state index < -0.39 is 5.54 Å². The van der Waals surface area contributed by atoms with Crippen LogP contribution < -0.4 is 16.2 Å². The van der Waals surface area contributed by atoms with Crippen LogP contribution in [-0.4, -0.2) is 17.9 Å². The maximum atomic E-state index is 11.6. The number of hydrogen-bond acceptors (Lipinski definition) is 4. The van der Waals surface area contributed by atoms with E-state index in [1.807, 2.05) is 13.8 Å². The Balaban J connectivity index is 2.71. The number of hydrogen-bond donors (Lipinski definition) is 2. The number of anilines is 1. The van der Waals surface area contributed by atoms with Crippen molar-refractivity contribution in [3.63, 3.8) is 0 Å². The monoisotopic (exact) mass is 406 g/mol. The highest BCUT2D eigenvalue weighted by Gasteiger charge is 2.29. The third kappa shape index (κ3) is 4.75. The fourth-order valence-corrected chi connectivity index (χ4v) is 3.55. The van der Waals surface area contributed by atoms with E-state index in [1.165, 1.54) is 0 Å². The Labute approximate surface area is 136 Å². The van der Waals surface area contributed by atoms with Crippen molar-refractivity contribution in [1.82, 2.24) is 0 Å². The first-order valence-electron chi connectivity index (χ1n) is 6.29. The zero-order valence-corrected chi connectivity index (χ0v) is 15.0. The van der Waals surface area contributed by atoms with Crippen LogP contribution in [0.4, 0.5) is 5.69 Å². The van der Waals surface area contributed by atoms with E-state index in [1.54, 1.807) is 19.1 Å². The molecule has 0 aliphatic rings. The highest BCUT2D eigenvalue weighted by molar-refractivity contribution is 9.11. The Morgan fingerprint density at radius 3 is 2.25 bits per heavy atom. The summed E-state index contributed by atoms with van der Waals surface area (Å²) in [6, 6.07) is 3.55. The minimum absolute atomic E-state index is 0.0801. The minimum Gasteiger partial charge on any atom is -0.491 e. The molecule has 0 heterocycles. The molecule has 112 valence electrons. The highest BCUT2D eigenvalue weighted by Crippen LogP contribution is 2.36. The van der Waals surface area contributed by atoms with Gasteiger partial charge in [-0.1, -0.05) is 0 Å². The van der Waals surface area contributed by atoms with Gasteiger partial charge >= 0.3 is 0 Å². The Morgan fingerprint density at radius 2 is 1.85 bits per heavy atom. The minimum atomic E-state index is -0.551. The number of carbonyl (C=O) groups excluding carboxylic acids is 1. The number of nitrogens with two attached hydrogens (primary N) is 2. The average Bonchev–Trinajstić information content (AvgIpc) is 2.24. The number of ether oxygens (including phenoxy) is 1. The Kier molecular flexibility index (Phi) is 6.04. The maximum Gasteiger partial charge on any atom is 0.147 e. The lowest BCUT2D eigenvalue weighted by Crippen LogP contribution is -2.45. The van der Waals surface area contributed by atoms with Gasteiger partial charge in [0.25, 0.3) is 0 Å². The molecule has 0 aliphatic carbocycles. The van der Waals surface area contributed by atoms with Gasteiger partial charge in [-0.2, -0.15) is 0 Å². The molecule has 1 atom stereocenters. The van der Waals surface area contributed by atoms with E-state index in [4.69, 9.17) is 16.2 Å². The second kappa shape index (κ2) is 6.91. The van der Waals surface area contributed by atoms with Gasteiger partial charge in [-0.05, 0) is 71.2 Å². The molecule has 0 aromatic heterocycles. The number of Topliss-reactive ketones (excluding diaryl/α,β-unsaturated/α-hetero) is 1. The molecule has 4 N–H and O–H groups in total. The summed E-state index contributed by atoms with van der Waals surface area (Å²) >= 11 is 6.81. The molecule has 1 aromatic carbocycles. The number of rotatable bonds is 6. The number of ketones is 1. The first-order valence-corrected chi connectivity index (χ1v) is 7.88. The van der Waals surface area contributed by atoms with E-state index >= 15 is 0 Å². The van der Waals surface area contributed by atoms with Gasteiger partial charge in [-0.3, -0.25) is 4.79 Å². The molecule has 1 rings (SSSR count). The standard InChI is InChI=1S/C14H20Br2N2O2/c1-8(19)10(14(2,3)18)4-5-20-13-11(15)6-9(17)7-12(13)16/h6-7,10H,4-5,17-18H2,1-3H3. The predicted octanol–water partition coefficient (Wildman–Crippen LogP) is 3.51. The van der Waals surface area contributed by atoms with Crippen LogP contribution in [-0.2, 0) is 4.79 Å². The van der Waals surface area contributed by atoms with Gasteiger partial charge in [0, 0.05) is 17.1 Å². The molecule has 4 nitrogen and oxygen atoms in total. The molecule has 0 saturated heterocycles. The first kappa shape index (κ1) is 17.5. The fraction of sp³-hybridized carbons (Fsp3) is 0.500. The summed E-state index contributed by atoms with van der Waals surface area (Å²) in [6.07, 6.45) is 0.572. The molecule has 0 aliphatic heterocycles. The van der Waals surface area contributed by atoms with Gasteiger partial charge in [-0.15, -0.1) is 0 Å². The summed E-state index contributed by atoms with van der Waals surface area (Å²) < 4.78 is 7.29. The molecule has 0 radical (unpaired) electrons. The van der Waals surface area contributed by atoms with Crippen LogP contribution in [0.3, 0.4) is 0 Å². The lowest BCUT2D eigenvalue weighted by Gasteiger charge is -2.28. The van der Waals surface area contributed by atoms with Gasteiger partial charge in [0.2, 0.25) is 0 Å². The van der Waals surface area contributed by atoms with Gasteiger partial charge in [0.05, 0.1) is 15.6 Å². The Morgan fingerprint density at radius 1 is 1.35 bits per heavy atom. The quantitative estimate of drug-likeness (QED) is 0.707. The molecule has 0 fully saturated rings. The van der Waals surface area contributed by atoms with E-state index in [9.17, 15) is 4.79 Å². The maximum absolute atomic E-state index is 11.6. The van der Waals surface area contributed by atoms with Crippen molar-refractivity contribution in [1.29, 1.82) is 0 Å². The third-order valence-electron chi connectivity index (χ3n) is 3.06. The number of nitrogen functional groups attached to an aromatic ring is 1. The second-order valence-corrected chi connectivity index (χ2v) is 7.14. The van der Waals surface area contributed by atoms with Crippen molar-refractivity contribution in [2.45, 2.75) is 32.7 Å². The molecular formula is C14H20Br2N2O2. The van der Waals surface area contributed by atoms with Crippen molar-refractivity contribution in [2.24, 2.45) is 11.7 Å². The van der Waals surface area contributed by atoms with Crippen LogP contribution in [0.25, 0.3) is 0 Å². The largest absolute Gasteiger partial charge is 0.491 e. The summed E-state index contributed by atoms with van der Waals surface area (Å²) in [6.45, 7) is 5.68. The van der Waals surface area contributed by atoms with Crippen molar-refractivity contribution < 1.29 is 9.53 Å². The van der Waals surface area contributed by atoms with Crippen LogP contribution >= 0.6 is 31.9 Å². The normalized spacial score (nSPS) is 13.1. The first-order chi connectivity index (χ1) is 9.12. The van der Waals surface area contributed by atoms with Crippen LogP contribution in [0.5, 0.6) is 5.75 Å². The zero-order chi connectivity index (χ0) is 15.5. The van der Waals surface area contributed by atoms with Gasteiger partial charge in [0.15, 0.2) is 0 Å². The second-order valence-electron chi connectivity index (χ2n) is 5.44. The molecule has 1 aromatic rings. The summed E-state index contributed by atoms with van der Waals surface area (Å²) in [7, 11) is 0. The SMILES string of the molecule is CC(=O)C(CCOc1c(Br)cc(N)cc1Br)C(C)(C)N. The van der Waals surface area contributed by atoms with Gasteiger partial charge < -0.3 is 16.2 Å². The third-order valence-corrected chi connectivity index (χ3v) is 4.24. The average molecular weight is 408 g/mol. The molecular weight excluding hydrogens is 388 g/mol. The van der Waals surface area contributed by atoms with Crippen LogP contribution in [0.1, 0.15) is 27.2 Å². The van der Waals surface area contributed by atoms with Crippen molar-refractivity contribution >= 4 is 43.3 Å². The molecule has 0 amide bonds.